The molecule has 1 saturated heterocycles. The number of aromatic amines is 1. The van der Waals surface area contributed by atoms with Crippen molar-refractivity contribution in [2.75, 3.05) is 33.2 Å². The molecule has 0 unspecified atom stereocenters. The third-order valence-corrected chi connectivity index (χ3v) is 5.49. The molecule has 0 bridgehead atoms. The third-order valence-electron chi connectivity index (χ3n) is 5.49. The molecule has 3 rings (SSSR count). The summed E-state index contributed by atoms with van der Waals surface area (Å²) in [6, 6.07) is 6.34. The third kappa shape index (κ3) is 4.64. The Morgan fingerprint density at radius 3 is 2.81 bits per heavy atom. The SMILES string of the molecule is CCCCN(C)CCC(=O)N1CCC(c2nc3ccc(C)cc3[nH]2)CC1. The lowest BCUT2D eigenvalue weighted by Crippen LogP contribution is -2.39. The van der Waals surface area contributed by atoms with E-state index in [0.29, 0.717) is 18.2 Å². The zero-order valence-electron chi connectivity index (χ0n) is 16.4. The van der Waals surface area contributed by atoms with Crippen LogP contribution in [0.25, 0.3) is 11.0 Å². The molecule has 0 aliphatic carbocycles. The number of fused-ring (bicyclic) bond motifs is 1. The number of carbonyl (C=O) groups excluding carboxylic acids is 1. The molecule has 1 aliphatic rings. The topological polar surface area (TPSA) is 52.2 Å². The number of piperidine rings is 1. The zero-order chi connectivity index (χ0) is 18.5. The fourth-order valence-corrected chi connectivity index (χ4v) is 3.72. The first kappa shape index (κ1) is 18.9. The van der Waals surface area contributed by atoms with Gasteiger partial charge >= 0.3 is 0 Å². The number of unbranched alkanes of at least 4 members (excludes halogenated alkanes) is 1. The van der Waals surface area contributed by atoms with Crippen molar-refractivity contribution in [1.82, 2.24) is 19.8 Å². The standard InChI is InChI=1S/C21H32N4O/c1-4-5-11-24(3)12-10-20(26)25-13-8-17(9-14-25)21-22-18-7-6-16(2)15-19(18)23-21/h6-7,15,17H,4-5,8-14H2,1-3H3,(H,22,23). The molecule has 1 aromatic carbocycles. The second-order valence-electron chi connectivity index (χ2n) is 7.70. The molecule has 1 aromatic heterocycles. The molecule has 2 heterocycles. The maximum atomic E-state index is 12.5. The van der Waals surface area contributed by atoms with E-state index in [-0.39, 0.29) is 0 Å². The Morgan fingerprint density at radius 2 is 2.08 bits per heavy atom. The molecule has 5 nitrogen and oxygen atoms in total. The molecule has 0 radical (unpaired) electrons. The Morgan fingerprint density at radius 1 is 1.31 bits per heavy atom. The lowest BCUT2D eigenvalue weighted by atomic mass is 9.96. The van der Waals surface area contributed by atoms with E-state index in [0.717, 1.165) is 55.9 Å². The van der Waals surface area contributed by atoms with Crippen molar-refractivity contribution in [3.05, 3.63) is 29.6 Å². The second kappa shape index (κ2) is 8.67. The molecule has 0 spiro atoms. The number of benzene rings is 1. The van der Waals surface area contributed by atoms with Gasteiger partial charge in [-0.1, -0.05) is 19.4 Å². The van der Waals surface area contributed by atoms with Gasteiger partial charge in [-0.05, 0) is 57.5 Å². The van der Waals surface area contributed by atoms with E-state index in [1.165, 1.54) is 18.4 Å². The Kier molecular flexibility index (Phi) is 6.30. The molecule has 142 valence electrons. The lowest BCUT2D eigenvalue weighted by molar-refractivity contribution is -0.132. The minimum absolute atomic E-state index is 0.298. The predicted octanol–water partition coefficient (Wildman–Crippen LogP) is 3.70. The highest BCUT2D eigenvalue weighted by Crippen LogP contribution is 2.28. The number of likely N-dealkylation sites (tertiary alicyclic amines) is 1. The summed E-state index contributed by atoms with van der Waals surface area (Å²) in [4.78, 5) is 25.0. The van der Waals surface area contributed by atoms with Gasteiger partial charge in [-0.25, -0.2) is 4.98 Å². The highest BCUT2D eigenvalue weighted by atomic mass is 16.2. The lowest BCUT2D eigenvalue weighted by Gasteiger charge is -2.31. The maximum absolute atomic E-state index is 12.5. The molecular formula is C21H32N4O. The van der Waals surface area contributed by atoms with E-state index >= 15 is 0 Å². The van der Waals surface area contributed by atoms with Gasteiger partial charge in [-0.2, -0.15) is 0 Å². The van der Waals surface area contributed by atoms with Crippen molar-refractivity contribution in [3.63, 3.8) is 0 Å². The van der Waals surface area contributed by atoms with Crippen molar-refractivity contribution in [1.29, 1.82) is 0 Å². The summed E-state index contributed by atoms with van der Waals surface area (Å²) in [5, 5.41) is 0. The number of rotatable bonds is 7. The van der Waals surface area contributed by atoms with Gasteiger partial charge in [0.15, 0.2) is 0 Å². The number of hydrogen-bond acceptors (Lipinski definition) is 3. The van der Waals surface area contributed by atoms with Crippen LogP contribution >= 0.6 is 0 Å². The van der Waals surface area contributed by atoms with Gasteiger partial charge in [-0.3, -0.25) is 4.79 Å². The minimum Gasteiger partial charge on any atom is -0.343 e. The number of H-pyrrole nitrogens is 1. The minimum atomic E-state index is 0.298. The molecule has 5 heteroatoms. The number of carbonyl (C=O) groups is 1. The Labute approximate surface area is 156 Å². The number of amides is 1. The van der Waals surface area contributed by atoms with E-state index in [4.69, 9.17) is 4.98 Å². The second-order valence-corrected chi connectivity index (χ2v) is 7.70. The first-order valence-electron chi connectivity index (χ1n) is 9.99. The van der Waals surface area contributed by atoms with Crippen molar-refractivity contribution < 1.29 is 4.79 Å². The number of nitrogens with zero attached hydrogens (tertiary/aromatic N) is 3. The molecular weight excluding hydrogens is 324 g/mol. The van der Waals surface area contributed by atoms with E-state index in [2.05, 4.69) is 49.0 Å². The monoisotopic (exact) mass is 356 g/mol. The van der Waals surface area contributed by atoms with Gasteiger partial charge in [0.2, 0.25) is 5.91 Å². The van der Waals surface area contributed by atoms with E-state index in [1.54, 1.807) is 0 Å². The molecule has 0 atom stereocenters. The van der Waals surface area contributed by atoms with Crippen LogP contribution < -0.4 is 0 Å². The quantitative estimate of drug-likeness (QED) is 0.823. The molecule has 2 aromatic rings. The summed E-state index contributed by atoms with van der Waals surface area (Å²) in [5.41, 5.74) is 3.41. The van der Waals surface area contributed by atoms with Gasteiger partial charge in [0.05, 0.1) is 11.0 Å². The van der Waals surface area contributed by atoms with Gasteiger partial charge < -0.3 is 14.8 Å². The molecule has 1 fully saturated rings. The smallest absolute Gasteiger partial charge is 0.223 e. The fraction of sp³-hybridized carbons (Fsp3) is 0.619. The summed E-state index contributed by atoms with van der Waals surface area (Å²) >= 11 is 0. The molecule has 1 amide bonds. The Bertz CT molecular complexity index is 731. The Hall–Kier alpha value is -1.88. The fourth-order valence-electron chi connectivity index (χ4n) is 3.72. The zero-order valence-corrected chi connectivity index (χ0v) is 16.4. The highest BCUT2D eigenvalue weighted by Gasteiger charge is 2.25. The summed E-state index contributed by atoms with van der Waals surface area (Å²) in [5.74, 6) is 1.81. The highest BCUT2D eigenvalue weighted by molar-refractivity contribution is 5.77. The van der Waals surface area contributed by atoms with Crippen molar-refractivity contribution >= 4 is 16.9 Å². The summed E-state index contributed by atoms with van der Waals surface area (Å²) in [7, 11) is 2.11. The van der Waals surface area contributed by atoms with Crippen molar-refractivity contribution in [2.45, 2.75) is 51.9 Å². The van der Waals surface area contributed by atoms with Gasteiger partial charge in [0.25, 0.3) is 0 Å². The molecule has 1 N–H and O–H groups in total. The summed E-state index contributed by atoms with van der Waals surface area (Å²) < 4.78 is 0. The van der Waals surface area contributed by atoms with Crippen LogP contribution in [0.3, 0.4) is 0 Å². The molecule has 26 heavy (non-hydrogen) atoms. The Balaban J connectivity index is 1.49. The number of hydrogen-bond donors (Lipinski definition) is 1. The van der Waals surface area contributed by atoms with E-state index in [1.807, 2.05) is 4.90 Å². The van der Waals surface area contributed by atoms with Gasteiger partial charge in [-0.15, -0.1) is 0 Å². The average molecular weight is 357 g/mol. The predicted molar refractivity (Wildman–Crippen MR) is 106 cm³/mol. The number of aromatic nitrogens is 2. The average Bonchev–Trinajstić information content (AvgIpc) is 3.07. The van der Waals surface area contributed by atoms with Gasteiger partial charge in [0.1, 0.15) is 5.82 Å². The van der Waals surface area contributed by atoms with Crippen LogP contribution in [0.4, 0.5) is 0 Å². The first-order chi connectivity index (χ1) is 12.6. The van der Waals surface area contributed by atoms with Crippen LogP contribution in [0, 0.1) is 6.92 Å². The van der Waals surface area contributed by atoms with Gasteiger partial charge in [0, 0.05) is 32.0 Å². The van der Waals surface area contributed by atoms with E-state index in [9.17, 15) is 4.79 Å². The van der Waals surface area contributed by atoms with Crippen LogP contribution in [0.15, 0.2) is 18.2 Å². The van der Waals surface area contributed by atoms with E-state index < -0.39 is 0 Å². The number of nitrogens with one attached hydrogen (secondary N) is 1. The van der Waals surface area contributed by atoms with Crippen LogP contribution in [0.2, 0.25) is 0 Å². The number of imidazole rings is 1. The largest absolute Gasteiger partial charge is 0.343 e. The van der Waals surface area contributed by atoms with Crippen LogP contribution in [0.5, 0.6) is 0 Å². The summed E-state index contributed by atoms with van der Waals surface area (Å²) in [6.07, 6.45) is 5.03. The van der Waals surface area contributed by atoms with Crippen LogP contribution in [-0.4, -0.2) is 58.9 Å². The number of aryl methyl sites for hydroxylation is 1. The molecule has 0 saturated carbocycles. The molecule has 1 aliphatic heterocycles. The van der Waals surface area contributed by atoms with Crippen LogP contribution in [-0.2, 0) is 4.79 Å². The normalized spacial score (nSPS) is 15.9. The van der Waals surface area contributed by atoms with Crippen molar-refractivity contribution in [3.8, 4) is 0 Å². The van der Waals surface area contributed by atoms with Crippen LogP contribution in [0.1, 0.15) is 56.3 Å². The maximum Gasteiger partial charge on any atom is 0.223 e. The first-order valence-corrected chi connectivity index (χ1v) is 9.99. The summed E-state index contributed by atoms with van der Waals surface area (Å²) in [6.45, 7) is 7.94. The van der Waals surface area contributed by atoms with Crippen molar-refractivity contribution in [2.24, 2.45) is 0 Å².